The topological polar surface area (TPSA) is 46.6 Å². The molecule has 0 aliphatic carbocycles. The van der Waals surface area contributed by atoms with Crippen LogP contribution < -0.4 is 4.74 Å². The van der Waals surface area contributed by atoms with Gasteiger partial charge in [0, 0.05) is 15.1 Å². The number of benzene rings is 2. The molecule has 2 amide bonds. The molecule has 134 valence electrons. The van der Waals surface area contributed by atoms with Crippen molar-refractivity contribution in [3.05, 3.63) is 66.4 Å². The Morgan fingerprint density at radius 2 is 1.88 bits per heavy atom. The minimum atomic E-state index is -0.326. The van der Waals surface area contributed by atoms with Gasteiger partial charge in [0.15, 0.2) is 0 Å². The third kappa shape index (κ3) is 4.17. The van der Waals surface area contributed by atoms with Gasteiger partial charge in [-0.25, -0.2) is 0 Å². The van der Waals surface area contributed by atoms with Crippen LogP contribution in [0.4, 0.5) is 4.79 Å². The van der Waals surface area contributed by atoms with Gasteiger partial charge in [-0.2, -0.15) is 0 Å². The summed E-state index contributed by atoms with van der Waals surface area (Å²) in [4.78, 5) is 26.6. The number of imide groups is 1. The van der Waals surface area contributed by atoms with Crippen molar-refractivity contribution in [3.8, 4) is 5.75 Å². The highest BCUT2D eigenvalue weighted by molar-refractivity contribution is 9.11. The monoisotopic (exact) mass is 515 g/mol. The molecular weight excluding hydrogens is 506 g/mol. The summed E-state index contributed by atoms with van der Waals surface area (Å²) >= 11 is 13.6. The first-order chi connectivity index (χ1) is 12.4. The summed E-state index contributed by atoms with van der Waals surface area (Å²) in [6, 6.07) is 10.7. The minimum Gasteiger partial charge on any atom is -0.495 e. The predicted molar refractivity (Wildman–Crippen MR) is 111 cm³/mol. The molecule has 0 aromatic heterocycles. The molecule has 1 fully saturated rings. The predicted octanol–water partition coefficient (Wildman–Crippen LogP) is 6.11. The van der Waals surface area contributed by atoms with Crippen LogP contribution in [-0.2, 0) is 11.3 Å². The Morgan fingerprint density at radius 3 is 2.54 bits per heavy atom. The zero-order valence-electron chi connectivity index (χ0n) is 13.5. The quantitative estimate of drug-likeness (QED) is 0.459. The molecule has 0 unspecified atom stereocenters. The fraction of sp³-hybridized carbons (Fsp3) is 0.111. The number of carbonyl (C=O) groups excluding carboxylic acids is 2. The number of ether oxygens (including phenoxy) is 1. The molecular formula is C18H12Br2ClNO3S. The molecule has 0 atom stereocenters. The van der Waals surface area contributed by atoms with Crippen LogP contribution in [0.5, 0.6) is 5.75 Å². The molecule has 26 heavy (non-hydrogen) atoms. The zero-order valence-corrected chi connectivity index (χ0v) is 18.2. The minimum absolute atomic E-state index is 0.207. The van der Waals surface area contributed by atoms with Crippen molar-refractivity contribution < 1.29 is 14.3 Å². The number of nitrogens with zero attached hydrogens (tertiary/aromatic N) is 1. The molecule has 1 aliphatic heterocycles. The molecule has 0 N–H and O–H groups in total. The summed E-state index contributed by atoms with van der Waals surface area (Å²) in [5, 5.41) is 0.305. The highest BCUT2D eigenvalue weighted by Gasteiger charge is 2.35. The van der Waals surface area contributed by atoms with Gasteiger partial charge < -0.3 is 4.74 Å². The van der Waals surface area contributed by atoms with E-state index in [9.17, 15) is 9.59 Å². The summed E-state index contributed by atoms with van der Waals surface area (Å²) in [6.07, 6.45) is 1.67. The average Bonchev–Trinajstić information content (AvgIpc) is 2.84. The van der Waals surface area contributed by atoms with Gasteiger partial charge in [0.2, 0.25) is 0 Å². The van der Waals surface area contributed by atoms with Crippen LogP contribution in [0.2, 0.25) is 5.02 Å². The Labute approximate surface area is 176 Å². The Balaban J connectivity index is 1.89. The first kappa shape index (κ1) is 19.5. The number of thioether (sulfide) groups is 1. The van der Waals surface area contributed by atoms with Crippen LogP contribution in [0.3, 0.4) is 0 Å². The van der Waals surface area contributed by atoms with Gasteiger partial charge in [0.05, 0.1) is 23.0 Å². The Morgan fingerprint density at radius 1 is 1.19 bits per heavy atom. The van der Waals surface area contributed by atoms with E-state index in [1.54, 1.807) is 37.5 Å². The molecule has 8 heteroatoms. The fourth-order valence-electron chi connectivity index (χ4n) is 2.45. The second kappa shape index (κ2) is 8.17. The molecule has 0 bridgehead atoms. The Hall–Kier alpha value is -1.28. The van der Waals surface area contributed by atoms with Gasteiger partial charge >= 0.3 is 0 Å². The lowest BCUT2D eigenvalue weighted by atomic mass is 10.1. The molecule has 1 saturated heterocycles. The molecule has 1 heterocycles. The highest BCUT2D eigenvalue weighted by atomic mass is 79.9. The second-order valence-corrected chi connectivity index (χ2v) is 8.60. The summed E-state index contributed by atoms with van der Waals surface area (Å²) in [5.74, 6) is 0.269. The van der Waals surface area contributed by atoms with Gasteiger partial charge in [-0.05, 0) is 63.6 Å². The van der Waals surface area contributed by atoms with E-state index >= 15 is 0 Å². The van der Waals surface area contributed by atoms with Crippen molar-refractivity contribution >= 4 is 72.4 Å². The molecule has 3 rings (SSSR count). The summed E-state index contributed by atoms with van der Waals surface area (Å²) in [7, 11) is 1.55. The number of methoxy groups -OCH3 is 1. The van der Waals surface area contributed by atoms with E-state index in [1.807, 2.05) is 12.1 Å². The maximum absolute atomic E-state index is 12.7. The van der Waals surface area contributed by atoms with Crippen LogP contribution in [0.25, 0.3) is 6.08 Å². The van der Waals surface area contributed by atoms with Crippen molar-refractivity contribution in [1.29, 1.82) is 0 Å². The summed E-state index contributed by atoms with van der Waals surface area (Å²) in [6.45, 7) is 0.207. The number of amides is 2. The number of rotatable bonds is 4. The molecule has 1 aliphatic rings. The average molecular weight is 518 g/mol. The lowest BCUT2D eigenvalue weighted by Gasteiger charge is -2.12. The van der Waals surface area contributed by atoms with E-state index in [2.05, 4.69) is 31.9 Å². The highest BCUT2D eigenvalue weighted by Crippen LogP contribution is 2.38. The van der Waals surface area contributed by atoms with Crippen LogP contribution in [0, 0.1) is 0 Å². The second-order valence-electron chi connectivity index (χ2n) is 5.40. The number of hydrogen-bond donors (Lipinski definition) is 0. The van der Waals surface area contributed by atoms with Crippen molar-refractivity contribution in [1.82, 2.24) is 4.90 Å². The van der Waals surface area contributed by atoms with Gasteiger partial charge in [-0.15, -0.1) is 0 Å². The summed E-state index contributed by atoms with van der Waals surface area (Å²) in [5.41, 5.74) is 1.53. The molecule has 2 aromatic carbocycles. The standard InChI is InChI=1S/C18H12Br2ClNO3S/c1-25-16-11(6-12(19)8-14(16)20)7-15-17(23)22(18(24)26-15)9-10-2-4-13(21)5-3-10/h2-8H,9H2,1H3/b15-7-. The number of halogens is 3. The molecule has 0 saturated carbocycles. The third-order valence-electron chi connectivity index (χ3n) is 3.66. The SMILES string of the molecule is COc1c(Br)cc(Br)cc1/C=C1\SC(=O)N(Cc2ccc(Cl)cc2)C1=O. The van der Waals surface area contributed by atoms with Gasteiger partial charge in [0.1, 0.15) is 5.75 Å². The normalized spacial score (nSPS) is 15.8. The smallest absolute Gasteiger partial charge is 0.293 e. The summed E-state index contributed by atoms with van der Waals surface area (Å²) < 4.78 is 6.97. The zero-order chi connectivity index (χ0) is 18.8. The first-order valence-corrected chi connectivity index (χ1v) is 10.2. The Bertz CT molecular complexity index is 915. The maximum Gasteiger partial charge on any atom is 0.293 e. The first-order valence-electron chi connectivity index (χ1n) is 7.42. The fourth-order valence-corrected chi connectivity index (χ4v) is 4.83. The van der Waals surface area contributed by atoms with E-state index < -0.39 is 0 Å². The van der Waals surface area contributed by atoms with Crippen LogP contribution in [-0.4, -0.2) is 23.2 Å². The maximum atomic E-state index is 12.7. The lowest BCUT2D eigenvalue weighted by molar-refractivity contribution is -0.123. The van der Waals surface area contributed by atoms with Crippen molar-refractivity contribution in [2.45, 2.75) is 6.54 Å². The largest absolute Gasteiger partial charge is 0.495 e. The molecule has 0 radical (unpaired) electrons. The van der Waals surface area contributed by atoms with E-state index in [0.717, 1.165) is 26.3 Å². The van der Waals surface area contributed by atoms with Crippen molar-refractivity contribution in [2.75, 3.05) is 7.11 Å². The molecule has 0 spiro atoms. The number of hydrogen-bond acceptors (Lipinski definition) is 4. The van der Waals surface area contributed by atoms with Gasteiger partial charge in [-0.3, -0.25) is 14.5 Å². The third-order valence-corrected chi connectivity index (χ3v) is 5.86. The van der Waals surface area contributed by atoms with Gasteiger partial charge in [0.25, 0.3) is 11.1 Å². The lowest BCUT2D eigenvalue weighted by Crippen LogP contribution is -2.27. The van der Waals surface area contributed by atoms with Crippen molar-refractivity contribution in [2.24, 2.45) is 0 Å². The molecule has 4 nitrogen and oxygen atoms in total. The van der Waals surface area contributed by atoms with E-state index in [1.165, 1.54) is 4.90 Å². The van der Waals surface area contributed by atoms with E-state index in [0.29, 0.717) is 21.2 Å². The number of carbonyl (C=O) groups is 2. The van der Waals surface area contributed by atoms with Crippen LogP contribution in [0.15, 0.2) is 50.2 Å². The van der Waals surface area contributed by atoms with Gasteiger partial charge in [-0.1, -0.05) is 39.7 Å². The van der Waals surface area contributed by atoms with Crippen LogP contribution in [0.1, 0.15) is 11.1 Å². The molecule has 2 aromatic rings. The van der Waals surface area contributed by atoms with Crippen molar-refractivity contribution in [3.63, 3.8) is 0 Å². The van der Waals surface area contributed by atoms with E-state index in [-0.39, 0.29) is 17.7 Å². The Kier molecular flexibility index (Phi) is 6.12. The van der Waals surface area contributed by atoms with Crippen LogP contribution >= 0.6 is 55.2 Å². The van der Waals surface area contributed by atoms with E-state index in [4.69, 9.17) is 16.3 Å².